The summed E-state index contributed by atoms with van der Waals surface area (Å²) in [5.41, 5.74) is 0.722. The van der Waals surface area contributed by atoms with Gasteiger partial charge in [-0.15, -0.1) is 12.4 Å². The number of nitrogens with zero attached hydrogens (tertiary/aromatic N) is 1. The highest BCUT2D eigenvalue weighted by Crippen LogP contribution is 2.29. The van der Waals surface area contributed by atoms with Crippen LogP contribution in [0.1, 0.15) is 51.9 Å². The first kappa shape index (κ1) is 21.8. The largest absolute Gasteiger partial charge is 0.494 e. The zero-order valence-electron chi connectivity index (χ0n) is 16.3. The molecule has 0 radical (unpaired) electrons. The molecule has 152 valence electrons. The predicted molar refractivity (Wildman–Crippen MR) is 111 cm³/mol. The number of unbranched alkanes of at least 4 members (excludes halogenated alkanes) is 4. The van der Waals surface area contributed by atoms with Gasteiger partial charge in [0.15, 0.2) is 0 Å². The summed E-state index contributed by atoms with van der Waals surface area (Å²) in [6.45, 7) is 6.10. The van der Waals surface area contributed by atoms with Crippen LogP contribution in [0.2, 0.25) is 0 Å². The lowest BCUT2D eigenvalue weighted by atomic mass is 9.86. The van der Waals surface area contributed by atoms with E-state index in [0.29, 0.717) is 5.92 Å². The Morgan fingerprint density at radius 1 is 1.19 bits per heavy atom. The second-order valence-electron chi connectivity index (χ2n) is 7.50. The minimum Gasteiger partial charge on any atom is -0.494 e. The van der Waals surface area contributed by atoms with Crippen molar-refractivity contribution < 1.29 is 14.3 Å². The number of nitrogens with one attached hydrogen (secondary N) is 1. The Morgan fingerprint density at radius 3 is 2.67 bits per heavy atom. The number of hydrogen-bond donors (Lipinski definition) is 1. The number of fused-ring (bicyclic) bond motifs is 3. The van der Waals surface area contributed by atoms with Crippen molar-refractivity contribution in [1.29, 1.82) is 0 Å². The fourth-order valence-electron chi connectivity index (χ4n) is 3.89. The maximum absolute atomic E-state index is 12.2. The Bertz CT molecular complexity index is 576. The van der Waals surface area contributed by atoms with Gasteiger partial charge in [-0.25, -0.2) is 4.79 Å². The zero-order valence-corrected chi connectivity index (χ0v) is 17.1. The van der Waals surface area contributed by atoms with E-state index >= 15 is 0 Å². The van der Waals surface area contributed by atoms with Crippen molar-refractivity contribution in [2.75, 3.05) is 31.6 Å². The quantitative estimate of drug-likeness (QED) is 0.590. The summed E-state index contributed by atoms with van der Waals surface area (Å²) in [6, 6.07) is 7.56. The average Bonchev–Trinajstić information content (AvgIpc) is 2.66. The summed E-state index contributed by atoms with van der Waals surface area (Å²) in [5, 5.41) is 2.85. The van der Waals surface area contributed by atoms with Crippen molar-refractivity contribution in [3.05, 3.63) is 24.3 Å². The maximum atomic E-state index is 12.2. The number of ether oxygens (including phenoxy) is 2. The van der Waals surface area contributed by atoms with Gasteiger partial charge in [0.1, 0.15) is 11.9 Å². The second-order valence-corrected chi connectivity index (χ2v) is 7.50. The average molecular weight is 397 g/mol. The summed E-state index contributed by atoms with van der Waals surface area (Å²) in [7, 11) is 0. The molecular weight excluding hydrogens is 364 g/mol. The molecule has 3 heterocycles. The first-order valence-corrected chi connectivity index (χ1v) is 10.2. The molecule has 1 amide bonds. The number of rotatable bonds is 9. The van der Waals surface area contributed by atoms with Crippen molar-refractivity contribution in [1.82, 2.24) is 4.90 Å². The van der Waals surface area contributed by atoms with Gasteiger partial charge in [0.05, 0.1) is 6.61 Å². The van der Waals surface area contributed by atoms with Crippen LogP contribution in [0.15, 0.2) is 24.3 Å². The second kappa shape index (κ2) is 11.4. The van der Waals surface area contributed by atoms with Gasteiger partial charge in [0.25, 0.3) is 0 Å². The van der Waals surface area contributed by atoms with Gasteiger partial charge in [-0.05, 0) is 50.4 Å². The molecule has 0 aromatic heterocycles. The predicted octanol–water partition coefficient (Wildman–Crippen LogP) is 5.10. The van der Waals surface area contributed by atoms with Gasteiger partial charge < -0.3 is 9.47 Å². The van der Waals surface area contributed by atoms with E-state index in [1.165, 1.54) is 25.7 Å². The van der Waals surface area contributed by atoms with Gasteiger partial charge >= 0.3 is 6.09 Å². The lowest BCUT2D eigenvalue weighted by Crippen LogP contribution is -2.52. The highest BCUT2D eigenvalue weighted by molar-refractivity contribution is 5.85. The number of carbonyl (C=O) groups excluding carboxylic acids is 1. The Labute approximate surface area is 169 Å². The lowest BCUT2D eigenvalue weighted by molar-refractivity contribution is -0.0289. The first-order chi connectivity index (χ1) is 12.7. The van der Waals surface area contributed by atoms with Crippen LogP contribution in [0.25, 0.3) is 0 Å². The number of piperidine rings is 3. The summed E-state index contributed by atoms with van der Waals surface area (Å²) >= 11 is 0. The van der Waals surface area contributed by atoms with Gasteiger partial charge in [-0.2, -0.15) is 0 Å². The van der Waals surface area contributed by atoms with E-state index in [9.17, 15) is 4.79 Å². The highest BCUT2D eigenvalue weighted by Gasteiger charge is 2.36. The van der Waals surface area contributed by atoms with Gasteiger partial charge in [-0.3, -0.25) is 10.2 Å². The molecule has 1 unspecified atom stereocenters. The van der Waals surface area contributed by atoms with Crippen molar-refractivity contribution >= 4 is 24.2 Å². The smallest absolute Gasteiger partial charge is 0.411 e. The minimum absolute atomic E-state index is 0. The van der Waals surface area contributed by atoms with E-state index in [-0.39, 0.29) is 24.6 Å². The van der Waals surface area contributed by atoms with Crippen LogP contribution < -0.4 is 10.1 Å². The van der Waals surface area contributed by atoms with E-state index in [1.54, 1.807) is 0 Å². The summed E-state index contributed by atoms with van der Waals surface area (Å²) in [6.07, 6.45) is 8.04. The van der Waals surface area contributed by atoms with Gasteiger partial charge in [0, 0.05) is 18.3 Å². The van der Waals surface area contributed by atoms with E-state index in [2.05, 4.69) is 17.1 Å². The van der Waals surface area contributed by atoms with Crippen molar-refractivity contribution in [3.63, 3.8) is 0 Å². The van der Waals surface area contributed by atoms with Gasteiger partial charge in [0.2, 0.25) is 0 Å². The number of benzene rings is 1. The highest BCUT2D eigenvalue weighted by atomic mass is 35.5. The van der Waals surface area contributed by atoms with Crippen LogP contribution in [-0.4, -0.2) is 43.3 Å². The van der Waals surface area contributed by atoms with Crippen molar-refractivity contribution in [2.45, 2.75) is 58.0 Å². The molecule has 3 fully saturated rings. The van der Waals surface area contributed by atoms with E-state index in [1.807, 2.05) is 24.3 Å². The molecule has 4 rings (SSSR count). The normalized spacial score (nSPS) is 23.4. The Balaban J connectivity index is 0.00000261. The fourth-order valence-corrected chi connectivity index (χ4v) is 3.89. The topological polar surface area (TPSA) is 50.8 Å². The maximum Gasteiger partial charge on any atom is 0.411 e. The number of anilines is 1. The van der Waals surface area contributed by atoms with Crippen LogP contribution in [0, 0.1) is 5.92 Å². The molecule has 3 aliphatic heterocycles. The molecule has 1 N–H and O–H groups in total. The van der Waals surface area contributed by atoms with Crippen LogP contribution in [0.5, 0.6) is 5.75 Å². The molecule has 6 heteroatoms. The van der Waals surface area contributed by atoms with Crippen molar-refractivity contribution in [2.24, 2.45) is 5.92 Å². The Morgan fingerprint density at radius 2 is 1.96 bits per heavy atom. The summed E-state index contributed by atoms with van der Waals surface area (Å²) in [5.74, 6) is 1.31. The van der Waals surface area contributed by atoms with E-state index in [0.717, 1.165) is 56.9 Å². The SMILES string of the molecule is CCCCCCCOc1cccc(NC(=O)OC2CN3CCC2CC3)c1.Cl. The number of carbonyl (C=O) groups is 1. The molecule has 0 saturated carbocycles. The van der Waals surface area contributed by atoms with E-state index in [4.69, 9.17) is 9.47 Å². The number of hydrogen-bond acceptors (Lipinski definition) is 4. The van der Waals surface area contributed by atoms with Crippen LogP contribution in [0.3, 0.4) is 0 Å². The minimum atomic E-state index is -0.361. The third-order valence-corrected chi connectivity index (χ3v) is 5.45. The first-order valence-electron chi connectivity index (χ1n) is 10.2. The third-order valence-electron chi connectivity index (χ3n) is 5.45. The monoisotopic (exact) mass is 396 g/mol. The molecule has 2 bridgehead atoms. The number of halogens is 1. The lowest BCUT2D eigenvalue weighted by Gasteiger charge is -2.43. The Kier molecular flexibility index (Phi) is 9.22. The van der Waals surface area contributed by atoms with Crippen molar-refractivity contribution in [3.8, 4) is 5.75 Å². The summed E-state index contributed by atoms with van der Waals surface area (Å²) < 4.78 is 11.5. The van der Waals surface area contributed by atoms with Crippen LogP contribution in [-0.2, 0) is 4.74 Å². The fraction of sp³-hybridized carbons (Fsp3) is 0.667. The number of amides is 1. The third kappa shape index (κ3) is 6.89. The molecule has 27 heavy (non-hydrogen) atoms. The molecule has 0 aliphatic carbocycles. The molecule has 0 spiro atoms. The molecular formula is C21H33ClN2O3. The van der Waals surface area contributed by atoms with Crippen LogP contribution >= 0.6 is 12.4 Å². The standard InChI is InChI=1S/C21H32N2O3.ClH/c1-2-3-4-5-6-14-25-19-9-7-8-18(15-19)22-21(24)26-20-16-23-12-10-17(20)11-13-23;/h7-9,15,17,20H,2-6,10-14,16H2,1H3,(H,22,24);1H. The van der Waals surface area contributed by atoms with E-state index < -0.39 is 0 Å². The molecule has 1 atom stereocenters. The summed E-state index contributed by atoms with van der Waals surface area (Å²) in [4.78, 5) is 14.6. The molecule has 1 aromatic carbocycles. The molecule has 3 aliphatic rings. The molecule has 5 nitrogen and oxygen atoms in total. The van der Waals surface area contributed by atoms with Crippen LogP contribution in [0.4, 0.5) is 10.5 Å². The Hall–Kier alpha value is -1.46. The van der Waals surface area contributed by atoms with Gasteiger partial charge in [-0.1, -0.05) is 38.7 Å². The zero-order chi connectivity index (χ0) is 18.2. The molecule has 3 saturated heterocycles. The molecule has 1 aromatic rings.